The van der Waals surface area contributed by atoms with Crippen molar-refractivity contribution in [1.29, 1.82) is 0 Å². The van der Waals surface area contributed by atoms with Crippen LogP contribution in [0.3, 0.4) is 0 Å². The SMILES string of the molecule is CN=C(NCc1oc2ccccc2c1C)NCC1(C)COC1.I. The molecule has 2 aromatic rings. The summed E-state index contributed by atoms with van der Waals surface area (Å²) in [6, 6.07) is 8.10. The van der Waals surface area contributed by atoms with Crippen LogP contribution in [0.1, 0.15) is 18.2 Å². The molecule has 5 nitrogen and oxygen atoms in total. The molecule has 0 aliphatic carbocycles. The first-order valence-corrected chi connectivity index (χ1v) is 7.61. The van der Waals surface area contributed by atoms with Gasteiger partial charge in [0.05, 0.1) is 19.8 Å². The number of hydrogen-bond acceptors (Lipinski definition) is 3. The van der Waals surface area contributed by atoms with Gasteiger partial charge in [0.1, 0.15) is 11.3 Å². The van der Waals surface area contributed by atoms with Gasteiger partial charge in [-0.15, -0.1) is 24.0 Å². The summed E-state index contributed by atoms with van der Waals surface area (Å²) >= 11 is 0. The van der Waals surface area contributed by atoms with Gasteiger partial charge in [-0.2, -0.15) is 0 Å². The molecule has 0 saturated carbocycles. The molecule has 1 aromatic carbocycles. The van der Waals surface area contributed by atoms with E-state index in [1.165, 1.54) is 10.9 Å². The zero-order chi connectivity index (χ0) is 15.6. The maximum atomic E-state index is 5.91. The lowest BCUT2D eigenvalue weighted by Gasteiger charge is -2.38. The van der Waals surface area contributed by atoms with E-state index < -0.39 is 0 Å². The fraction of sp³-hybridized carbons (Fsp3) is 0.471. The Kier molecular flexibility index (Phi) is 5.91. The lowest BCUT2D eigenvalue weighted by atomic mass is 9.89. The van der Waals surface area contributed by atoms with E-state index in [-0.39, 0.29) is 29.4 Å². The normalized spacial score (nSPS) is 16.6. The molecular weight excluding hydrogens is 405 g/mol. The van der Waals surface area contributed by atoms with Crippen LogP contribution in [0.25, 0.3) is 11.0 Å². The van der Waals surface area contributed by atoms with Crippen molar-refractivity contribution in [3.63, 3.8) is 0 Å². The van der Waals surface area contributed by atoms with Crippen molar-refractivity contribution in [2.75, 3.05) is 26.8 Å². The summed E-state index contributed by atoms with van der Waals surface area (Å²) in [6.07, 6.45) is 0. The Balaban J connectivity index is 0.00000192. The molecule has 23 heavy (non-hydrogen) atoms. The minimum absolute atomic E-state index is 0. The molecule has 0 unspecified atom stereocenters. The van der Waals surface area contributed by atoms with Crippen LogP contribution in [-0.2, 0) is 11.3 Å². The summed E-state index contributed by atoms with van der Waals surface area (Å²) in [7, 11) is 1.78. The Hall–Kier alpha value is -1.28. The third-order valence-electron chi connectivity index (χ3n) is 4.17. The van der Waals surface area contributed by atoms with Crippen molar-refractivity contribution in [3.8, 4) is 0 Å². The molecule has 2 heterocycles. The van der Waals surface area contributed by atoms with Gasteiger partial charge >= 0.3 is 0 Å². The Bertz CT molecular complexity index is 692. The van der Waals surface area contributed by atoms with Gasteiger partial charge in [0.2, 0.25) is 0 Å². The quantitative estimate of drug-likeness (QED) is 0.446. The minimum atomic E-state index is 0. The number of ether oxygens (including phenoxy) is 1. The van der Waals surface area contributed by atoms with E-state index in [9.17, 15) is 0 Å². The van der Waals surface area contributed by atoms with Crippen molar-refractivity contribution in [2.45, 2.75) is 20.4 Å². The molecule has 0 bridgehead atoms. The predicted molar refractivity (Wildman–Crippen MR) is 103 cm³/mol. The zero-order valence-electron chi connectivity index (χ0n) is 13.8. The van der Waals surface area contributed by atoms with Crippen LogP contribution in [0.2, 0.25) is 0 Å². The third-order valence-corrected chi connectivity index (χ3v) is 4.17. The molecule has 1 aromatic heterocycles. The Morgan fingerprint density at radius 3 is 2.61 bits per heavy atom. The van der Waals surface area contributed by atoms with Crippen LogP contribution >= 0.6 is 24.0 Å². The van der Waals surface area contributed by atoms with Gasteiger partial charge in [-0.3, -0.25) is 4.99 Å². The third kappa shape index (κ3) is 3.98. The molecule has 2 N–H and O–H groups in total. The smallest absolute Gasteiger partial charge is 0.191 e. The first-order valence-electron chi connectivity index (χ1n) is 7.61. The fourth-order valence-corrected chi connectivity index (χ4v) is 2.63. The number of aryl methyl sites for hydroxylation is 1. The Morgan fingerprint density at radius 2 is 2.00 bits per heavy atom. The lowest BCUT2D eigenvalue weighted by Crippen LogP contribution is -2.50. The first-order chi connectivity index (χ1) is 10.6. The summed E-state index contributed by atoms with van der Waals surface area (Å²) in [5.74, 6) is 1.73. The molecule has 1 aliphatic heterocycles. The maximum absolute atomic E-state index is 5.91. The second-order valence-electron chi connectivity index (χ2n) is 6.23. The number of nitrogens with one attached hydrogen (secondary N) is 2. The molecule has 0 spiro atoms. The van der Waals surface area contributed by atoms with Crippen LogP contribution in [0.15, 0.2) is 33.7 Å². The summed E-state index contributed by atoms with van der Waals surface area (Å²) in [5.41, 5.74) is 2.32. The van der Waals surface area contributed by atoms with E-state index in [4.69, 9.17) is 9.15 Å². The Labute approximate surface area is 153 Å². The minimum Gasteiger partial charge on any atom is -0.459 e. The largest absolute Gasteiger partial charge is 0.459 e. The summed E-state index contributed by atoms with van der Waals surface area (Å²) in [4.78, 5) is 4.26. The van der Waals surface area contributed by atoms with Crippen molar-refractivity contribution >= 4 is 40.9 Å². The molecule has 126 valence electrons. The summed E-state index contributed by atoms with van der Waals surface area (Å²) in [6.45, 7) is 7.38. The highest BCUT2D eigenvalue weighted by Gasteiger charge is 2.33. The van der Waals surface area contributed by atoms with E-state index in [0.29, 0.717) is 6.54 Å². The van der Waals surface area contributed by atoms with Crippen LogP contribution in [-0.4, -0.2) is 32.8 Å². The van der Waals surface area contributed by atoms with Gasteiger partial charge in [-0.25, -0.2) is 0 Å². The van der Waals surface area contributed by atoms with E-state index in [1.54, 1.807) is 7.05 Å². The van der Waals surface area contributed by atoms with E-state index >= 15 is 0 Å². The molecule has 0 atom stereocenters. The van der Waals surface area contributed by atoms with Crippen LogP contribution in [0, 0.1) is 12.3 Å². The van der Waals surface area contributed by atoms with Crippen molar-refractivity contribution in [1.82, 2.24) is 10.6 Å². The molecule has 1 aliphatic rings. The number of nitrogens with zero attached hydrogens (tertiary/aromatic N) is 1. The molecule has 1 saturated heterocycles. The van der Waals surface area contributed by atoms with E-state index in [0.717, 1.165) is 37.1 Å². The van der Waals surface area contributed by atoms with Crippen LogP contribution in [0.5, 0.6) is 0 Å². The number of aliphatic imine (C=N–C) groups is 1. The van der Waals surface area contributed by atoms with E-state index in [2.05, 4.69) is 35.5 Å². The number of hydrogen-bond donors (Lipinski definition) is 2. The zero-order valence-corrected chi connectivity index (χ0v) is 16.1. The maximum Gasteiger partial charge on any atom is 0.191 e. The van der Waals surface area contributed by atoms with Crippen LogP contribution < -0.4 is 10.6 Å². The van der Waals surface area contributed by atoms with Gasteiger partial charge < -0.3 is 19.8 Å². The molecular formula is C17H24IN3O2. The first kappa shape index (κ1) is 18.1. The van der Waals surface area contributed by atoms with Crippen molar-refractivity contribution < 1.29 is 9.15 Å². The van der Waals surface area contributed by atoms with Gasteiger partial charge in [-0.05, 0) is 13.0 Å². The highest BCUT2D eigenvalue weighted by Crippen LogP contribution is 2.25. The highest BCUT2D eigenvalue weighted by molar-refractivity contribution is 14.0. The average molecular weight is 429 g/mol. The molecule has 6 heteroatoms. The Morgan fingerprint density at radius 1 is 1.26 bits per heavy atom. The van der Waals surface area contributed by atoms with Gasteiger partial charge in [0.15, 0.2) is 5.96 Å². The standard InChI is InChI=1S/C17H23N3O2.HI/c1-12-13-6-4-5-7-14(13)22-15(12)8-19-16(18-3)20-9-17(2)10-21-11-17;/h4-7H,8-11H2,1-3H3,(H2,18,19,20);1H. The molecule has 1 fully saturated rings. The molecule has 0 radical (unpaired) electrons. The number of para-hydroxylation sites is 1. The van der Waals surface area contributed by atoms with Gasteiger partial charge in [0, 0.05) is 30.0 Å². The van der Waals surface area contributed by atoms with Crippen molar-refractivity contribution in [2.24, 2.45) is 10.4 Å². The number of rotatable bonds is 4. The number of fused-ring (bicyclic) bond motifs is 1. The fourth-order valence-electron chi connectivity index (χ4n) is 2.63. The highest BCUT2D eigenvalue weighted by atomic mass is 127. The summed E-state index contributed by atoms with van der Waals surface area (Å²) < 4.78 is 11.2. The van der Waals surface area contributed by atoms with Crippen molar-refractivity contribution in [3.05, 3.63) is 35.6 Å². The monoisotopic (exact) mass is 429 g/mol. The summed E-state index contributed by atoms with van der Waals surface area (Å²) in [5, 5.41) is 7.83. The average Bonchev–Trinajstić information content (AvgIpc) is 2.82. The number of guanidine groups is 1. The lowest BCUT2D eigenvalue weighted by molar-refractivity contribution is -0.0971. The van der Waals surface area contributed by atoms with Gasteiger partial charge in [0.25, 0.3) is 0 Å². The number of benzene rings is 1. The van der Waals surface area contributed by atoms with E-state index in [1.807, 2.05) is 18.2 Å². The molecule has 3 rings (SSSR count). The number of furan rings is 1. The predicted octanol–water partition coefficient (Wildman–Crippen LogP) is 3.06. The molecule has 0 amide bonds. The second kappa shape index (κ2) is 7.53. The van der Waals surface area contributed by atoms with Gasteiger partial charge in [-0.1, -0.05) is 25.1 Å². The topological polar surface area (TPSA) is 58.8 Å². The second-order valence-corrected chi connectivity index (χ2v) is 6.23. The van der Waals surface area contributed by atoms with Crippen LogP contribution in [0.4, 0.5) is 0 Å². The number of halogens is 1.